The van der Waals surface area contributed by atoms with E-state index in [2.05, 4.69) is 62.3 Å². The summed E-state index contributed by atoms with van der Waals surface area (Å²) in [6.07, 6.45) is 3.85. The van der Waals surface area contributed by atoms with Crippen molar-refractivity contribution in [2.24, 2.45) is 16.2 Å². The molecule has 0 radical (unpaired) electrons. The van der Waals surface area contributed by atoms with E-state index in [1.54, 1.807) is 13.8 Å². The molecule has 0 heterocycles. The molecule has 0 aromatic rings. The Labute approximate surface area is 182 Å². The Morgan fingerprint density at radius 2 is 1.03 bits per heavy atom. The second-order valence-corrected chi connectivity index (χ2v) is 11.1. The van der Waals surface area contributed by atoms with Gasteiger partial charge in [-0.05, 0) is 49.9 Å². The predicted molar refractivity (Wildman–Crippen MR) is 126 cm³/mol. The predicted octanol–water partition coefficient (Wildman–Crippen LogP) is 7.43. The quantitative estimate of drug-likeness (QED) is 0.422. The van der Waals surface area contributed by atoms with Crippen LogP contribution in [0.4, 0.5) is 0 Å². The number of hydrogen-bond acceptors (Lipinski definition) is 4. The first-order valence-corrected chi connectivity index (χ1v) is 10.4. The van der Waals surface area contributed by atoms with Gasteiger partial charge in [-0.25, -0.2) is 0 Å². The molecule has 0 fully saturated rings. The van der Waals surface area contributed by atoms with Crippen molar-refractivity contribution in [1.82, 2.24) is 0 Å². The number of carbonyl (C=O) groups excluding carboxylic acids is 3. The summed E-state index contributed by atoms with van der Waals surface area (Å²) in [5.41, 5.74) is 0.713. The number of ether oxygens (including phenoxy) is 1. The van der Waals surface area contributed by atoms with Crippen molar-refractivity contribution in [3.05, 3.63) is 0 Å². The third-order valence-corrected chi connectivity index (χ3v) is 3.39. The number of ketones is 2. The zero-order valence-corrected chi connectivity index (χ0v) is 20.9. The van der Waals surface area contributed by atoms with Gasteiger partial charge < -0.3 is 14.3 Å². The smallest absolute Gasteiger partial charge is 0.305 e. The Hall–Kier alpha value is -1.19. The van der Waals surface area contributed by atoms with Gasteiger partial charge in [0.1, 0.15) is 11.6 Å². The van der Waals surface area contributed by atoms with E-state index in [1.807, 2.05) is 6.92 Å². The first-order valence-electron chi connectivity index (χ1n) is 10.4. The normalized spacial score (nSPS) is 11.0. The maximum Gasteiger partial charge on any atom is 0.305 e. The van der Waals surface area contributed by atoms with Gasteiger partial charge in [0, 0.05) is 19.3 Å². The van der Waals surface area contributed by atoms with Gasteiger partial charge in [0.05, 0.1) is 6.61 Å². The van der Waals surface area contributed by atoms with Crippen LogP contribution in [0, 0.1) is 16.2 Å². The second kappa shape index (κ2) is 16.6. The van der Waals surface area contributed by atoms with Gasteiger partial charge in [-0.1, -0.05) is 69.7 Å². The SMILES string of the molecule is C.CC(=O)CC(C)(C)C.CC(=O)CCC(C)(C)C.CCOC(=O)CCC(C)(C)C. The highest BCUT2D eigenvalue weighted by atomic mass is 16.5. The highest BCUT2D eigenvalue weighted by molar-refractivity contribution is 5.76. The number of Topliss-reactive ketones (excluding diaryl/α,β-unsaturated/α-hetero) is 2. The van der Waals surface area contributed by atoms with Crippen molar-refractivity contribution in [3.63, 3.8) is 0 Å². The fraction of sp³-hybridized carbons (Fsp3) is 0.880. The molecule has 0 rings (SSSR count). The Kier molecular flexibility index (Phi) is 20.2. The van der Waals surface area contributed by atoms with Crippen molar-refractivity contribution in [1.29, 1.82) is 0 Å². The van der Waals surface area contributed by atoms with Crippen molar-refractivity contribution in [3.8, 4) is 0 Å². The summed E-state index contributed by atoms with van der Waals surface area (Å²) in [5, 5.41) is 0. The Bertz CT molecular complexity index is 443. The summed E-state index contributed by atoms with van der Waals surface area (Å²) in [5.74, 6) is 0.491. The Balaban J connectivity index is -0.000000161. The molecule has 0 aliphatic heterocycles. The molecule has 0 unspecified atom stereocenters. The van der Waals surface area contributed by atoms with Crippen molar-refractivity contribution >= 4 is 17.5 Å². The van der Waals surface area contributed by atoms with Crippen molar-refractivity contribution in [2.75, 3.05) is 6.61 Å². The highest BCUT2D eigenvalue weighted by Gasteiger charge is 2.13. The van der Waals surface area contributed by atoms with Gasteiger partial charge in [-0.2, -0.15) is 0 Å². The molecule has 0 atom stereocenters. The van der Waals surface area contributed by atoms with Crippen LogP contribution >= 0.6 is 0 Å². The molecule has 176 valence electrons. The van der Waals surface area contributed by atoms with Gasteiger partial charge in [0.2, 0.25) is 0 Å². The second-order valence-electron chi connectivity index (χ2n) is 11.1. The van der Waals surface area contributed by atoms with Gasteiger partial charge in [0.25, 0.3) is 0 Å². The molecule has 0 N–H and O–H groups in total. The van der Waals surface area contributed by atoms with E-state index in [1.165, 1.54) is 0 Å². The summed E-state index contributed by atoms with van der Waals surface area (Å²) >= 11 is 0. The van der Waals surface area contributed by atoms with Gasteiger partial charge in [-0.15, -0.1) is 0 Å². The molecule has 0 bridgehead atoms. The van der Waals surface area contributed by atoms with Crippen LogP contribution in [0.15, 0.2) is 0 Å². The fourth-order valence-electron chi connectivity index (χ4n) is 2.01. The third kappa shape index (κ3) is 46.6. The maximum absolute atomic E-state index is 10.9. The molecule has 0 spiro atoms. The summed E-state index contributed by atoms with van der Waals surface area (Å²) in [6.45, 7) is 24.6. The van der Waals surface area contributed by atoms with E-state index in [0.717, 1.165) is 19.3 Å². The van der Waals surface area contributed by atoms with Crippen LogP contribution in [0.3, 0.4) is 0 Å². The standard InChI is InChI=1S/C9H18O2.C8H16O.C7H14O.CH4/c1-5-11-8(10)6-7-9(2,3)4;1-7(9)5-6-8(2,3)4;1-6(8)5-7(2,3)4;/h5-7H2,1-4H3;5-6H2,1-4H3;5H2,1-4H3;1H4. The van der Waals surface area contributed by atoms with Gasteiger partial charge >= 0.3 is 5.97 Å². The molecular formula is C25H52O4. The first kappa shape index (κ1) is 35.3. The third-order valence-electron chi connectivity index (χ3n) is 3.39. The highest BCUT2D eigenvalue weighted by Crippen LogP contribution is 2.21. The van der Waals surface area contributed by atoms with Crippen LogP contribution in [0.2, 0.25) is 0 Å². The van der Waals surface area contributed by atoms with Crippen LogP contribution in [0.1, 0.15) is 123 Å². The number of hydrogen-bond donors (Lipinski definition) is 0. The molecule has 29 heavy (non-hydrogen) atoms. The average Bonchev–Trinajstić information content (AvgIpc) is 2.40. The van der Waals surface area contributed by atoms with E-state index >= 15 is 0 Å². The molecule has 0 aromatic carbocycles. The van der Waals surface area contributed by atoms with E-state index < -0.39 is 0 Å². The van der Waals surface area contributed by atoms with E-state index in [9.17, 15) is 14.4 Å². The van der Waals surface area contributed by atoms with Crippen LogP contribution in [-0.4, -0.2) is 24.1 Å². The lowest BCUT2D eigenvalue weighted by atomic mass is 9.90. The van der Waals surface area contributed by atoms with Crippen molar-refractivity contribution in [2.45, 2.75) is 123 Å². The molecule has 0 saturated heterocycles. The molecule has 0 aromatic heterocycles. The lowest BCUT2D eigenvalue weighted by Crippen LogP contribution is -2.10. The lowest BCUT2D eigenvalue weighted by molar-refractivity contribution is -0.143. The topological polar surface area (TPSA) is 60.4 Å². The number of carbonyl (C=O) groups is 3. The molecular weight excluding hydrogens is 364 g/mol. The number of rotatable bonds is 6. The average molecular weight is 417 g/mol. The lowest BCUT2D eigenvalue weighted by Gasteiger charge is -2.16. The van der Waals surface area contributed by atoms with E-state index in [0.29, 0.717) is 30.6 Å². The molecule has 0 aliphatic rings. The molecule has 0 saturated carbocycles. The Morgan fingerprint density at radius 1 is 0.655 bits per heavy atom. The van der Waals surface area contributed by atoms with Gasteiger partial charge in [0.15, 0.2) is 0 Å². The van der Waals surface area contributed by atoms with E-state index in [-0.39, 0.29) is 30.0 Å². The minimum absolute atomic E-state index is 0. The largest absolute Gasteiger partial charge is 0.466 e. The monoisotopic (exact) mass is 416 g/mol. The van der Waals surface area contributed by atoms with Gasteiger partial charge in [-0.3, -0.25) is 4.79 Å². The minimum atomic E-state index is -0.0811. The van der Waals surface area contributed by atoms with Crippen molar-refractivity contribution < 1.29 is 19.1 Å². The van der Waals surface area contributed by atoms with Crippen LogP contribution < -0.4 is 0 Å². The summed E-state index contributed by atoms with van der Waals surface area (Å²) in [7, 11) is 0. The molecule has 4 heteroatoms. The molecule has 0 amide bonds. The summed E-state index contributed by atoms with van der Waals surface area (Å²) in [4.78, 5) is 31.8. The zero-order valence-electron chi connectivity index (χ0n) is 20.9. The summed E-state index contributed by atoms with van der Waals surface area (Å²) < 4.78 is 4.80. The first-order chi connectivity index (χ1) is 12.3. The zero-order chi connectivity index (χ0) is 23.2. The van der Waals surface area contributed by atoms with Crippen LogP contribution in [0.25, 0.3) is 0 Å². The number of esters is 1. The minimum Gasteiger partial charge on any atom is -0.466 e. The molecule has 4 nitrogen and oxygen atoms in total. The fourth-order valence-corrected chi connectivity index (χ4v) is 2.01. The van der Waals surface area contributed by atoms with Crippen LogP contribution in [-0.2, 0) is 19.1 Å². The maximum atomic E-state index is 10.9. The van der Waals surface area contributed by atoms with E-state index in [4.69, 9.17) is 4.74 Å². The van der Waals surface area contributed by atoms with Crippen LogP contribution in [0.5, 0.6) is 0 Å². The summed E-state index contributed by atoms with van der Waals surface area (Å²) in [6, 6.07) is 0. The Morgan fingerprint density at radius 3 is 1.21 bits per heavy atom. The molecule has 0 aliphatic carbocycles.